The second-order valence-electron chi connectivity index (χ2n) is 3.15. The fourth-order valence-corrected chi connectivity index (χ4v) is 1.19. The number of pyridine rings is 1. The largest absolute Gasteiger partial charge is 0.265 e. The van der Waals surface area contributed by atoms with Crippen LogP contribution in [0.25, 0.3) is 0 Å². The summed E-state index contributed by atoms with van der Waals surface area (Å²) in [5, 5.41) is 0. The van der Waals surface area contributed by atoms with Crippen molar-refractivity contribution in [2.75, 3.05) is 5.88 Å². The smallest absolute Gasteiger partial charge is 0.0270 e. The Hall–Kier alpha value is -0.560. The number of hydrogen-bond donors (Lipinski definition) is 0. The van der Waals surface area contributed by atoms with Crippen molar-refractivity contribution in [2.24, 2.45) is 5.92 Å². The predicted molar refractivity (Wildman–Crippen MR) is 52.4 cm³/mol. The lowest BCUT2D eigenvalue weighted by molar-refractivity contribution is 0.592. The minimum Gasteiger partial charge on any atom is -0.265 e. The molecule has 0 radical (unpaired) electrons. The molecule has 0 aliphatic heterocycles. The second kappa shape index (κ2) is 5.15. The Morgan fingerprint density at radius 1 is 1.42 bits per heavy atom. The van der Waals surface area contributed by atoms with Gasteiger partial charge in [-0.05, 0) is 36.5 Å². The van der Waals surface area contributed by atoms with Crippen molar-refractivity contribution >= 4 is 11.6 Å². The van der Waals surface area contributed by atoms with Gasteiger partial charge in [0.05, 0.1) is 0 Å². The number of halogens is 1. The highest BCUT2D eigenvalue weighted by Gasteiger charge is 1.99. The first kappa shape index (κ1) is 9.53. The van der Waals surface area contributed by atoms with Gasteiger partial charge in [0.2, 0.25) is 0 Å². The van der Waals surface area contributed by atoms with Crippen molar-refractivity contribution in [1.29, 1.82) is 0 Å². The molecule has 0 aliphatic rings. The Morgan fingerprint density at radius 3 is 2.67 bits per heavy atom. The maximum atomic E-state index is 5.71. The monoisotopic (exact) mass is 183 g/mol. The standard InChI is InChI=1S/C10H14ClN/c1-9(8-11)2-3-10-4-6-12-7-5-10/h4-7,9H,2-3,8H2,1H3. The molecule has 12 heavy (non-hydrogen) atoms. The average molecular weight is 184 g/mol. The van der Waals surface area contributed by atoms with Crippen LogP contribution < -0.4 is 0 Å². The molecular weight excluding hydrogens is 170 g/mol. The molecule has 0 amide bonds. The maximum absolute atomic E-state index is 5.71. The summed E-state index contributed by atoms with van der Waals surface area (Å²) >= 11 is 5.71. The molecule has 0 fully saturated rings. The van der Waals surface area contributed by atoms with Gasteiger partial charge in [0.15, 0.2) is 0 Å². The van der Waals surface area contributed by atoms with Crippen LogP contribution in [0.1, 0.15) is 18.9 Å². The molecule has 1 atom stereocenters. The van der Waals surface area contributed by atoms with Crippen LogP contribution in [-0.2, 0) is 6.42 Å². The maximum Gasteiger partial charge on any atom is 0.0270 e. The van der Waals surface area contributed by atoms with Crippen LogP contribution in [0.2, 0.25) is 0 Å². The van der Waals surface area contributed by atoms with E-state index in [4.69, 9.17) is 11.6 Å². The first-order chi connectivity index (χ1) is 5.83. The Balaban J connectivity index is 2.33. The Morgan fingerprint density at radius 2 is 2.08 bits per heavy atom. The molecule has 0 saturated carbocycles. The molecule has 0 aromatic carbocycles. The van der Waals surface area contributed by atoms with Gasteiger partial charge in [-0.2, -0.15) is 0 Å². The van der Waals surface area contributed by atoms with E-state index in [0.29, 0.717) is 5.92 Å². The third-order valence-electron chi connectivity index (χ3n) is 1.94. The summed E-state index contributed by atoms with van der Waals surface area (Å²) in [7, 11) is 0. The number of nitrogens with zero attached hydrogens (tertiary/aromatic N) is 1. The molecule has 0 bridgehead atoms. The number of alkyl halides is 1. The zero-order chi connectivity index (χ0) is 8.81. The number of aromatic nitrogens is 1. The minimum atomic E-state index is 0.611. The van der Waals surface area contributed by atoms with Gasteiger partial charge >= 0.3 is 0 Å². The number of aryl methyl sites for hydroxylation is 1. The molecule has 0 spiro atoms. The Labute approximate surface area is 78.8 Å². The van der Waals surface area contributed by atoms with Gasteiger partial charge in [-0.25, -0.2) is 0 Å². The van der Waals surface area contributed by atoms with E-state index in [9.17, 15) is 0 Å². The summed E-state index contributed by atoms with van der Waals surface area (Å²) in [6.07, 6.45) is 5.94. The zero-order valence-corrected chi connectivity index (χ0v) is 8.09. The summed E-state index contributed by atoms with van der Waals surface area (Å²) in [6, 6.07) is 4.11. The van der Waals surface area contributed by atoms with Crippen molar-refractivity contribution in [3.63, 3.8) is 0 Å². The van der Waals surface area contributed by atoms with E-state index in [2.05, 4.69) is 24.0 Å². The number of hydrogen-bond acceptors (Lipinski definition) is 1. The van der Waals surface area contributed by atoms with Crippen molar-refractivity contribution in [3.8, 4) is 0 Å². The van der Waals surface area contributed by atoms with Gasteiger partial charge in [-0.15, -0.1) is 11.6 Å². The van der Waals surface area contributed by atoms with Crippen molar-refractivity contribution < 1.29 is 0 Å². The lowest BCUT2D eigenvalue weighted by atomic mass is 10.0. The molecule has 1 aromatic heterocycles. The topological polar surface area (TPSA) is 12.9 Å². The van der Waals surface area contributed by atoms with Crippen LogP contribution in [-0.4, -0.2) is 10.9 Å². The first-order valence-electron chi connectivity index (χ1n) is 4.28. The van der Waals surface area contributed by atoms with Crippen LogP contribution >= 0.6 is 11.6 Å². The normalized spacial score (nSPS) is 12.8. The average Bonchev–Trinajstić information content (AvgIpc) is 2.16. The molecule has 1 nitrogen and oxygen atoms in total. The third-order valence-corrected chi connectivity index (χ3v) is 2.47. The van der Waals surface area contributed by atoms with E-state index in [1.165, 1.54) is 5.56 Å². The van der Waals surface area contributed by atoms with Crippen LogP contribution in [0, 0.1) is 5.92 Å². The molecular formula is C10H14ClN. The van der Waals surface area contributed by atoms with E-state index in [0.717, 1.165) is 18.7 Å². The minimum absolute atomic E-state index is 0.611. The van der Waals surface area contributed by atoms with Gasteiger partial charge in [-0.1, -0.05) is 6.92 Å². The molecule has 1 rings (SSSR count). The predicted octanol–water partition coefficient (Wildman–Crippen LogP) is 2.89. The molecule has 0 aliphatic carbocycles. The first-order valence-corrected chi connectivity index (χ1v) is 4.81. The van der Waals surface area contributed by atoms with Crippen molar-refractivity contribution in [1.82, 2.24) is 4.98 Å². The summed E-state index contributed by atoms with van der Waals surface area (Å²) in [5.74, 6) is 1.37. The molecule has 1 heterocycles. The van der Waals surface area contributed by atoms with Gasteiger partial charge in [0.25, 0.3) is 0 Å². The van der Waals surface area contributed by atoms with E-state index in [1.807, 2.05) is 12.4 Å². The summed E-state index contributed by atoms with van der Waals surface area (Å²) in [5.41, 5.74) is 1.35. The van der Waals surface area contributed by atoms with Crippen LogP contribution in [0.15, 0.2) is 24.5 Å². The highest BCUT2D eigenvalue weighted by Crippen LogP contribution is 2.09. The van der Waals surface area contributed by atoms with Gasteiger partial charge < -0.3 is 0 Å². The van der Waals surface area contributed by atoms with E-state index in [-0.39, 0.29) is 0 Å². The highest BCUT2D eigenvalue weighted by molar-refractivity contribution is 6.18. The highest BCUT2D eigenvalue weighted by atomic mass is 35.5. The molecule has 0 saturated heterocycles. The van der Waals surface area contributed by atoms with Gasteiger partial charge in [0.1, 0.15) is 0 Å². The quantitative estimate of drug-likeness (QED) is 0.655. The van der Waals surface area contributed by atoms with Gasteiger partial charge in [-0.3, -0.25) is 4.98 Å². The fourth-order valence-electron chi connectivity index (χ4n) is 1.04. The Kier molecular flexibility index (Phi) is 4.09. The molecule has 1 aromatic rings. The van der Waals surface area contributed by atoms with E-state index < -0.39 is 0 Å². The second-order valence-corrected chi connectivity index (χ2v) is 3.46. The molecule has 2 heteroatoms. The lowest BCUT2D eigenvalue weighted by Crippen LogP contribution is -1.98. The van der Waals surface area contributed by atoms with Gasteiger partial charge in [0, 0.05) is 18.3 Å². The SMILES string of the molecule is CC(CCl)CCc1ccncc1. The van der Waals surface area contributed by atoms with Crippen molar-refractivity contribution in [2.45, 2.75) is 19.8 Å². The molecule has 1 unspecified atom stereocenters. The summed E-state index contributed by atoms with van der Waals surface area (Å²) in [4.78, 5) is 3.97. The van der Waals surface area contributed by atoms with Crippen LogP contribution in [0.3, 0.4) is 0 Å². The number of rotatable bonds is 4. The van der Waals surface area contributed by atoms with E-state index >= 15 is 0 Å². The molecule has 0 N–H and O–H groups in total. The Bertz CT molecular complexity index is 210. The lowest BCUT2D eigenvalue weighted by Gasteiger charge is -2.05. The third kappa shape index (κ3) is 3.22. The van der Waals surface area contributed by atoms with Crippen molar-refractivity contribution in [3.05, 3.63) is 30.1 Å². The fraction of sp³-hybridized carbons (Fsp3) is 0.500. The van der Waals surface area contributed by atoms with Crippen LogP contribution in [0.5, 0.6) is 0 Å². The molecule has 66 valence electrons. The summed E-state index contributed by atoms with van der Waals surface area (Å²) in [6.45, 7) is 2.17. The van der Waals surface area contributed by atoms with Crippen LogP contribution in [0.4, 0.5) is 0 Å². The zero-order valence-electron chi connectivity index (χ0n) is 7.33. The van der Waals surface area contributed by atoms with E-state index in [1.54, 1.807) is 0 Å². The summed E-state index contributed by atoms with van der Waals surface area (Å²) < 4.78 is 0.